The minimum atomic E-state index is -0.127. The largest absolute Gasteiger partial charge is 0.358 e. The molecular formula is C29H23NS. The number of allylic oxidation sites excluding steroid dienone is 3. The van der Waals surface area contributed by atoms with Crippen LogP contribution in [0.3, 0.4) is 0 Å². The molecule has 0 aromatic heterocycles. The maximum absolute atomic E-state index is 3.75. The van der Waals surface area contributed by atoms with Gasteiger partial charge in [-0.3, -0.25) is 0 Å². The van der Waals surface area contributed by atoms with Gasteiger partial charge in [0.2, 0.25) is 0 Å². The molecule has 2 heteroatoms. The second-order valence-electron chi connectivity index (χ2n) is 8.42. The molecule has 2 aliphatic rings. The highest BCUT2D eigenvalue weighted by Gasteiger charge is 2.49. The monoisotopic (exact) mass is 417 g/mol. The van der Waals surface area contributed by atoms with Crippen molar-refractivity contribution in [2.75, 3.05) is 5.32 Å². The Balaban J connectivity index is 1.55. The van der Waals surface area contributed by atoms with Crippen LogP contribution in [-0.4, -0.2) is 5.25 Å². The van der Waals surface area contributed by atoms with Gasteiger partial charge in [-0.25, -0.2) is 0 Å². The Labute approximate surface area is 187 Å². The van der Waals surface area contributed by atoms with Crippen molar-refractivity contribution in [3.63, 3.8) is 0 Å². The molecule has 0 bridgehead atoms. The Kier molecular flexibility index (Phi) is 4.29. The summed E-state index contributed by atoms with van der Waals surface area (Å²) in [6.07, 6.45) is 4.63. The molecule has 4 aromatic carbocycles. The standard InChI is InChI=1S/C29H23NS/c1-29-25-16-7-8-17-26(25)31-28(29)24(18-19-27(29)30-21-12-3-2-4-13-21)23-15-9-11-20-10-5-6-14-22(20)23/h2-19,28,30H,1H3. The zero-order chi connectivity index (χ0) is 20.8. The first-order chi connectivity index (χ1) is 15.2. The average Bonchev–Trinajstić information content (AvgIpc) is 3.14. The molecule has 4 aromatic rings. The van der Waals surface area contributed by atoms with Gasteiger partial charge in [0.1, 0.15) is 0 Å². The van der Waals surface area contributed by atoms with Gasteiger partial charge in [-0.05, 0) is 58.7 Å². The predicted octanol–water partition coefficient (Wildman–Crippen LogP) is 7.67. The Morgan fingerprint density at radius 3 is 2.39 bits per heavy atom. The molecular weight excluding hydrogens is 394 g/mol. The molecule has 2 unspecified atom stereocenters. The predicted molar refractivity (Wildman–Crippen MR) is 134 cm³/mol. The summed E-state index contributed by atoms with van der Waals surface area (Å²) in [6, 6.07) is 34.8. The van der Waals surface area contributed by atoms with E-state index < -0.39 is 0 Å². The first-order valence-electron chi connectivity index (χ1n) is 10.7. The van der Waals surface area contributed by atoms with Gasteiger partial charge in [0.05, 0.1) is 0 Å². The summed E-state index contributed by atoms with van der Waals surface area (Å²) in [7, 11) is 0. The molecule has 1 aliphatic carbocycles. The number of hydrogen-bond acceptors (Lipinski definition) is 2. The molecule has 150 valence electrons. The van der Waals surface area contributed by atoms with E-state index in [4.69, 9.17) is 0 Å². The third kappa shape index (κ3) is 2.86. The fourth-order valence-corrected chi connectivity index (χ4v) is 6.68. The molecule has 1 aliphatic heterocycles. The van der Waals surface area contributed by atoms with E-state index in [0.29, 0.717) is 5.25 Å². The summed E-state index contributed by atoms with van der Waals surface area (Å²) in [5.74, 6) is 0. The van der Waals surface area contributed by atoms with E-state index in [1.165, 1.54) is 38.1 Å². The van der Waals surface area contributed by atoms with Gasteiger partial charge in [0, 0.05) is 26.9 Å². The molecule has 1 heterocycles. The zero-order valence-corrected chi connectivity index (χ0v) is 18.2. The Bertz CT molecular complexity index is 1350. The average molecular weight is 418 g/mol. The van der Waals surface area contributed by atoms with Crippen LogP contribution in [0.2, 0.25) is 0 Å². The lowest BCUT2D eigenvalue weighted by Gasteiger charge is -2.39. The number of rotatable bonds is 3. The maximum Gasteiger partial charge on any atom is 0.0500 e. The lowest BCUT2D eigenvalue weighted by molar-refractivity contribution is 0.590. The quantitative estimate of drug-likeness (QED) is 0.367. The van der Waals surface area contributed by atoms with E-state index in [0.717, 1.165) is 5.69 Å². The highest BCUT2D eigenvalue weighted by atomic mass is 32.2. The van der Waals surface area contributed by atoms with Crippen molar-refractivity contribution in [3.8, 4) is 0 Å². The summed E-state index contributed by atoms with van der Waals surface area (Å²) < 4.78 is 0. The summed E-state index contributed by atoms with van der Waals surface area (Å²) >= 11 is 2.00. The fourth-order valence-electron chi connectivity index (χ4n) is 5.04. The summed E-state index contributed by atoms with van der Waals surface area (Å²) in [5.41, 5.74) is 6.41. The van der Waals surface area contributed by atoms with Crippen molar-refractivity contribution in [1.82, 2.24) is 0 Å². The SMILES string of the molecule is CC12C(Nc3ccccc3)=CC=C(c3cccc4ccccc34)C1Sc1ccccc12. The third-order valence-corrected chi connectivity index (χ3v) is 8.21. The minimum absolute atomic E-state index is 0.127. The van der Waals surface area contributed by atoms with Crippen LogP contribution in [0.15, 0.2) is 120 Å². The molecule has 0 fully saturated rings. The smallest absolute Gasteiger partial charge is 0.0500 e. The van der Waals surface area contributed by atoms with Crippen LogP contribution in [0.4, 0.5) is 5.69 Å². The van der Waals surface area contributed by atoms with E-state index in [1.54, 1.807) is 0 Å². The Hall–Kier alpha value is -3.23. The Morgan fingerprint density at radius 1 is 0.742 bits per heavy atom. The van der Waals surface area contributed by atoms with Crippen LogP contribution in [-0.2, 0) is 5.41 Å². The first-order valence-corrected chi connectivity index (χ1v) is 11.6. The van der Waals surface area contributed by atoms with Crippen LogP contribution in [0.5, 0.6) is 0 Å². The van der Waals surface area contributed by atoms with Gasteiger partial charge in [0.15, 0.2) is 0 Å². The van der Waals surface area contributed by atoms with E-state index >= 15 is 0 Å². The lowest BCUT2D eigenvalue weighted by Crippen LogP contribution is -2.38. The van der Waals surface area contributed by atoms with Gasteiger partial charge in [-0.15, -0.1) is 11.8 Å². The normalized spacial score (nSPS) is 21.8. The highest BCUT2D eigenvalue weighted by Crippen LogP contribution is 2.59. The third-order valence-electron chi connectivity index (χ3n) is 6.64. The molecule has 2 atom stereocenters. The molecule has 1 nitrogen and oxygen atoms in total. The number of benzene rings is 4. The van der Waals surface area contributed by atoms with Crippen LogP contribution in [0, 0.1) is 0 Å². The van der Waals surface area contributed by atoms with Gasteiger partial charge < -0.3 is 5.32 Å². The molecule has 0 spiro atoms. The number of nitrogens with one attached hydrogen (secondary N) is 1. The number of thioether (sulfide) groups is 1. The molecule has 1 N–H and O–H groups in total. The highest BCUT2D eigenvalue weighted by molar-refractivity contribution is 8.00. The zero-order valence-electron chi connectivity index (χ0n) is 17.4. The van der Waals surface area contributed by atoms with E-state index in [-0.39, 0.29) is 5.41 Å². The van der Waals surface area contributed by atoms with E-state index in [9.17, 15) is 0 Å². The van der Waals surface area contributed by atoms with Gasteiger partial charge in [-0.2, -0.15) is 0 Å². The van der Waals surface area contributed by atoms with E-state index in [2.05, 4.69) is 121 Å². The summed E-state index contributed by atoms with van der Waals surface area (Å²) in [6.45, 7) is 2.40. The fraction of sp³-hybridized carbons (Fsp3) is 0.103. The molecule has 0 saturated heterocycles. The topological polar surface area (TPSA) is 12.0 Å². The molecule has 6 rings (SSSR count). The first kappa shape index (κ1) is 18.5. The van der Waals surface area contributed by atoms with Crippen LogP contribution < -0.4 is 5.32 Å². The second-order valence-corrected chi connectivity index (χ2v) is 9.56. The molecule has 0 amide bonds. The van der Waals surface area contributed by atoms with Crippen molar-refractivity contribution in [1.29, 1.82) is 0 Å². The summed E-state index contributed by atoms with van der Waals surface area (Å²) in [4.78, 5) is 1.38. The van der Waals surface area contributed by atoms with Crippen LogP contribution in [0.25, 0.3) is 16.3 Å². The van der Waals surface area contributed by atoms with Crippen LogP contribution in [0.1, 0.15) is 18.1 Å². The number of hydrogen-bond donors (Lipinski definition) is 1. The molecule has 0 radical (unpaired) electrons. The molecule has 31 heavy (non-hydrogen) atoms. The minimum Gasteiger partial charge on any atom is -0.358 e. The number of para-hydroxylation sites is 1. The number of fused-ring (bicyclic) bond motifs is 4. The van der Waals surface area contributed by atoms with Gasteiger partial charge in [-0.1, -0.05) is 84.9 Å². The van der Waals surface area contributed by atoms with Crippen molar-refractivity contribution in [2.24, 2.45) is 0 Å². The number of anilines is 1. The van der Waals surface area contributed by atoms with Crippen molar-refractivity contribution < 1.29 is 0 Å². The van der Waals surface area contributed by atoms with Crippen molar-refractivity contribution in [2.45, 2.75) is 22.5 Å². The lowest BCUT2D eigenvalue weighted by atomic mass is 9.70. The second kappa shape index (κ2) is 7.18. The Morgan fingerprint density at radius 2 is 1.48 bits per heavy atom. The van der Waals surface area contributed by atoms with Gasteiger partial charge in [0.25, 0.3) is 0 Å². The van der Waals surface area contributed by atoms with Gasteiger partial charge >= 0.3 is 0 Å². The molecule has 0 saturated carbocycles. The summed E-state index contributed by atoms with van der Waals surface area (Å²) in [5, 5.41) is 6.67. The van der Waals surface area contributed by atoms with E-state index in [1.807, 2.05) is 11.8 Å². The van der Waals surface area contributed by atoms with Crippen molar-refractivity contribution >= 4 is 33.8 Å². The maximum atomic E-state index is 3.75. The van der Waals surface area contributed by atoms with Crippen molar-refractivity contribution in [3.05, 3.63) is 126 Å². The van der Waals surface area contributed by atoms with Crippen LogP contribution >= 0.6 is 11.8 Å².